The molecule has 4 nitrogen and oxygen atoms in total. The molecule has 1 unspecified atom stereocenters. The van der Waals surface area contributed by atoms with Crippen molar-refractivity contribution in [1.82, 2.24) is 0 Å². The predicted octanol–water partition coefficient (Wildman–Crippen LogP) is 4.46. The van der Waals surface area contributed by atoms with Crippen LogP contribution in [0, 0.1) is 6.92 Å². The summed E-state index contributed by atoms with van der Waals surface area (Å²) in [6, 6.07) is 5.04. The van der Waals surface area contributed by atoms with Crippen molar-refractivity contribution in [3.8, 4) is 5.75 Å². The summed E-state index contributed by atoms with van der Waals surface area (Å²) >= 11 is 5.91. The Morgan fingerprint density at radius 3 is 2.55 bits per heavy atom. The number of halogens is 1. The first-order valence-electron chi connectivity index (χ1n) is 7.58. The van der Waals surface area contributed by atoms with Crippen LogP contribution >= 0.6 is 11.6 Å². The number of hydrogen-bond acceptors (Lipinski definition) is 4. The molecule has 1 aromatic rings. The van der Waals surface area contributed by atoms with E-state index in [4.69, 9.17) is 21.1 Å². The lowest BCUT2D eigenvalue weighted by Gasteiger charge is -2.11. The maximum Gasteiger partial charge on any atom is 0.311 e. The summed E-state index contributed by atoms with van der Waals surface area (Å²) in [4.78, 5) is 23.3. The first kappa shape index (κ1) is 18.5. The molecule has 0 N–H and O–H groups in total. The van der Waals surface area contributed by atoms with Crippen LogP contribution in [-0.4, -0.2) is 18.0 Å². The quantitative estimate of drug-likeness (QED) is 0.523. The molecule has 0 saturated heterocycles. The number of ether oxygens (including phenoxy) is 2. The van der Waals surface area contributed by atoms with Gasteiger partial charge in [0, 0.05) is 17.9 Å². The summed E-state index contributed by atoms with van der Waals surface area (Å²) in [6.07, 6.45) is 2.58. The van der Waals surface area contributed by atoms with E-state index in [-0.39, 0.29) is 30.9 Å². The summed E-state index contributed by atoms with van der Waals surface area (Å²) in [5, 5.41) is 0.628. The van der Waals surface area contributed by atoms with Crippen LogP contribution in [0.3, 0.4) is 0 Å². The van der Waals surface area contributed by atoms with Crippen LogP contribution < -0.4 is 4.74 Å². The topological polar surface area (TPSA) is 52.6 Å². The molecular weight excluding hydrogens is 304 g/mol. The zero-order chi connectivity index (χ0) is 16.5. The van der Waals surface area contributed by atoms with Crippen LogP contribution in [0.25, 0.3) is 0 Å². The molecule has 1 rings (SSSR count). The Hall–Kier alpha value is -1.55. The van der Waals surface area contributed by atoms with E-state index in [1.54, 1.807) is 18.2 Å². The SMILES string of the molecule is CCCC(C)OC(=O)CCCC(=O)Oc1ccc(Cl)c(C)c1. The number of carbonyl (C=O) groups excluding carboxylic acids is 2. The third kappa shape index (κ3) is 6.94. The summed E-state index contributed by atoms with van der Waals surface area (Å²) in [5.74, 6) is -0.168. The molecule has 0 aliphatic rings. The van der Waals surface area contributed by atoms with Crippen molar-refractivity contribution < 1.29 is 19.1 Å². The minimum Gasteiger partial charge on any atom is -0.463 e. The van der Waals surface area contributed by atoms with Gasteiger partial charge in [0.05, 0.1) is 6.10 Å². The van der Waals surface area contributed by atoms with Gasteiger partial charge in [-0.3, -0.25) is 9.59 Å². The lowest BCUT2D eigenvalue weighted by molar-refractivity contribution is -0.148. The third-order valence-electron chi connectivity index (χ3n) is 3.15. The molecule has 0 fully saturated rings. The number of esters is 2. The van der Waals surface area contributed by atoms with E-state index in [1.165, 1.54) is 0 Å². The van der Waals surface area contributed by atoms with Crippen molar-refractivity contribution in [2.24, 2.45) is 0 Å². The zero-order valence-corrected chi connectivity index (χ0v) is 14.1. The summed E-state index contributed by atoms with van der Waals surface area (Å²) in [6.45, 7) is 5.75. The van der Waals surface area contributed by atoms with Crippen molar-refractivity contribution in [1.29, 1.82) is 0 Å². The maximum atomic E-state index is 11.7. The van der Waals surface area contributed by atoms with E-state index in [0.717, 1.165) is 18.4 Å². The molecule has 0 heterocycles. The van der Waals surface area contributed by atoms with E-state index >= 15 is 0 Å². The fraction of sp³-hybridized carbons (Fsp3) is 0.529. The second kappa shape index (κ2) is 9.46. The molecular formula is C17H23ClO4. The monoisotopic (exact) mass is 326 g/mol. The first-order chi connectivity index (χ1) is 10.4. The van der Waals surface area contributed by atoms with Gasteiger partial charge >= 0.3 is 11.9 Å². The smallest absolute Gasteiger partial charge is 0.311 e. The highest BCUT2D eigenvalue weighted by molar-refractivity contribution is 6.31. The molecule has 0 saturated carbocycles. The minimum atomic E-state index is -0.365. The second-order valence-electron chi connectivity index (χ2n) is 5.33. The first-order valence-corrected chi connectivity index (χ1v) is 7.96. The molecule has 0 amide bonds. The largest absolute Gasteiger partial charge is 0.463 e. The third-order valence-corrected chi connectivity index (χ3v) is 3.57. The number of rotatable bonds is 8. The Bertz CT molecular complexity index is 513. The standard InChI is InChI=1S/C17H23ClO4/c1-4-6-13(3)21-16(19)7-5-8-17(20)22-14-9-10-15(18)12(2)11-14/h9-11,13H,4-8H2,1-3H3. The van der Waals surface area contributed by atoms with Crippen molar-refractivity contribution in [3.05, 3.63) is 28.8 Å². The molecule has 0 spiro atoms. The Balaban J connectivity index is 2.28. The normalized spacial score (nSPS) is 11.8. The van der Waals surface area contributed by atoms with Gasteiger partial charge in [0.1, 0.15) is 5.75 Å². The molecule has 5 heteroatoms. The van der Waals surface area contributed by atoms with Crippen LogP contribution in [0.4, 0.5) is 0 Å². The van der Waals surface area contributed by atoms with Crippen LogP contribution in [-0.2, 0) is 14.3 Å². The number of benzene rings is 1. The highest BCUT2D eigenvalue weighted by atomic mass is 35.5. The Morgan fingerprint density at radius 2 is 1.91 bits per heavy atom. The van der Waals surface area contributed by atoms with Crippen LogP contribution in [0.1, 0.15) is 51.5 Å². The maximum absolute atomic E-state index is 11.7. The minimum absolute atomic E-state index is 0.0681. The average Bonchev–Trinajstić information content (AvgIpc) is 2.43. The molecule has 0 aliphatic carbocycles. The van der Waals surface area contributed by atoms with E-state index in [2.05, 4.69) is 0 Å². The van der Waals surface area contributed by atoms with Gasteiger partial charge in [0.2, 0.25) is 0 Å². The predicted molar refractivity (Wildman–Crippen MR) is 86.1 cm³/mol. The van der Waals surface area contributed by atoms with Crippen LogP contribution in [0.2, 0.25) is 5.02 Å². The molecule has 122 valence electrons. The van der Waals surface area contributed by atoms with E-state index < -0.39 is 0 Å². The summed E-state index contributed by atoms with van der Waals surface area (Å²) in [5.41, 5.74) is 0.848. The lowest BCUT2D eigenvalue weighted by atomic mass is 10.2. The van der Waals surface area contributed by atoms with Crippen molar-refractivity contribution in [2.75, 3.05) is 0 Å². The van der Waals surface area contributed by atoms with Crippen molar-refractivity contribution in [2.45, 2.75) is 59.0 Å². The van der Waals surface area contributed by atoms with Gasteiger partial charge in [0.15, 0.2) is 0 Å². The van der Waals surface area contributed by atoms with Gasteiger partial charge in [-0.05, 0) is 50.5 Å². The van der Waals surface area contributed by atoms with Gasteiger partial charge < -0.3 is 9.47 Å². The fourth-order valence-electron chi connectivity index (χ4n) is 1.99. The zero-order valence-electron chi connectivity index (χ0n) is 13.4. The van der Waals surface area contributed by atoms with Gasteiger partial charge in [-0.25, -0.2) is 0 Å². The number of aryl methyl sites for hydroxylation is 1. The average molecular weight is 327 g/mol. The van der Waals surface area contributed by atoms with Gasteiger partial charge in [0.25, 0.3) is 0 Å². The van der Waals surface area contributed by atoms with E-state index in [1.807, 2.05) is 20.8 Å². The van der Waals surface area contributed by atoms with Gasteiger partial charge in [-0.2, -0.15) is 0 Å². The summed E-state index contributed by atoms with van der Waals surface area (Å²) < 4.78 is 10.4. The van der Waals surface area contributed by atoms with E-state index in [9.17, 15) is 9.59 Å². The Kier molecular flexibility index (Phi) is 7.96. The second-order valence-corrected chi connectivity index (χ2v) is 5.73. The fourth-order valence-corrected chi connectivity index (χ4v) is 2.11. The highest BCUT2D eigenvalue weighted by Gasteiger charge is 2.11. The van der Waals surface area contributed by atoms with E-state index in [0.29, 0.717) is 17.2 Å². The molecule has 0 aliphatic heterocycles. The molecule has 0 aromatic heterocycles. The highest BCUT2D eigenvalue weighted by Crippen LogP contribution is 2.21. The molecule has 0 bridgehead atoms. The molecule has 22 heavy (non-hydrogen) atoms. The number of hydrogen-bond donors (Lipinski definition) is 0. The van der Waals surface area contributed by atoms with Crippen molar-refractivity contribution >= 4 is 23.5 Å². The molecule has 1 aromatic carbocycles. The molecule has 1 atom stereocenters. The lowest BCUT2D eigenvalue weighted by Crippen LogP contribution is -2.15. The van der Waals surface area contributed by atoms with Crippen LogP contribution in [0.5, 0.6) is 5.75 Å². The van der Waals surface area contributed by atoms with Crippen molar-refractivity contribution in [3.63, 3.8) is 0 Å². The van der Waals surface area contributed by atoms with Crippen LogP contribution in [0.15, 0.2) is 18.2 Å². The summed E-state index contributed by atoms with van der Waals surface area (Å²) in [7, 11) is 0. The Labute approximate surface area is 136 Å². The molecule has 0 radical (unpaired) electrons. The van der Waals surface area contributed by atoms with Gasteiger partial charge in [-0.15, -0.1) is 0 Å². The Morgan fingerprint density at radius 1 is 1.23 bits per heavy atom. The number of carbonyl (C=O) groups is 2. The van der Waals surface area contributed by atoms with Gasteiger partial charge in [-0.1, -0.05) is 24.9 Å².